The third-order valence-corrected chi connectivity index (χ3v) is 5.13. The van der Waals surface area contributed by atoms with Crippen LogP contribution in [0.5, 0.6) is 0 Å². The summed E-state index contributed by atoms with van der Waals surface area (Å²) >= 11 is 5.92. The zero-order valence-electron chi connectivity index (χ0n) is 11.0. The molecule has 2 heterocycles. The van der Waals surface area contributed by atoms with E-state index in [1.54, 1.807) is 12.3 Å². The lowest BCUT2D eigenvalue weighted by molar-refractivity contribution is -0.116. The number of sulfone groups is 1. The van der Waals surface area contributed by atoms with Crippen molar-refractivity contribution < 1.29 is 13.2 Å². The monoisotopic (exact) mass is 317 g/mol. The number of halogens is 1. The molecule has 0 bridgehead atoms. The Morgan fingerprint density at radius 2 is 2.35 bits per heavy atom. The number of anilines is 1. The molecule has 0 spiro atoms. The van der Waals surface area contributed by atoms with Gasteiger partial charge in [-0.25, -0.2) is 13.4 Å². The molecule has 1 aromatic rings. The van der Waals surface area contributed by atoms with E-state index in [0.29, 0.717) is 12.2 Å². The maximum Gasteiger partial charge on any atom is 0.226 e. The van der Waals surface area contributed by atoms with Gasteiger partial charge in [0, 0.05) is 25.2 Å². The van der Waals surface area contributed by atoms with Crippen molar-refractivity contribution in [3.05, 3.63) is 23.0 Å². The third-order valence-electron chi connectivity index (χ3n) is 3.11. The number of nitrogens with one attached hydrogen (secondary N) is 2. The molecule has 2 N–H and O–H groups in total. The molecule has 1 unspecified atom stereocenters. The number of carbonyl (C=O) groups excluding carboxylic acids is 1. The zero-order chi connectivity index (χ0) is 14.8. The van der Waals surface area contributed by atoms with Crippen LogP contribution in [0.25, 0.3) is 0 Å². The van der Waals surface area contributed by atoms with Gasteiger partial charge in [0.05, 0.1) is 17.2 Å². The van der Waals surface area contributed by atoms with Gasteiger partial charge in [0.25, 0.3) is 0 Å². The fraction of sp³-hybridized carbons (Fsp3) is 0.500. The fourth-order valence-corrected chi connectivity index (χ4v) is 3.78. The molecule has 0 aromatic carbocycles. The molecule has 1 aliphatic heterocycles. The zero-order valence-corrected chi connectivity index (χ0v) is 12.6. The molecule has 6 nitrogen and oxygen atoms in total. The van der Waals surface area contributed by atoms with Gasteiger partial charge in [-0.1, -0.05) is 11.6 Å². The summed E-state index contributed by atoms with van der Waals surface area (Å²) in [6.45, 7) is 2.19. The Balaban J connectivity index is 1.99. The molecule has 1 atom stereocenters. The second-order valence-corrected chi connectivity index (χ2v) is 7.40. The van der Waals surface area contributed by atoms with E-state index < -0.39 is 9.84 Å². The van der Waals surface area contributed by atoms with Gasteiger partial charge < -0.3 is 10.6 Å². The van der Waals surface area contributed by atoms with E-state index in [4.69, 9.17) is 11.6 Å². The molecular formula is C12H16ClN3O3S. The molecule has 8 heteroatoms. The average molecular weight is 318 g/mol. The molecule has 1 fully saturated rings. The number of nitrogens with zero attached hydrogens (tertiary/aromatic N) is 1. The summed E-state index contributed by atoms with van der Waals surface area (Å²) in [4.78, 5) is 15.9. The highest BCUT2D eigenvalue weighted by atomic mass is 35.5. The number of amides is 1. The van der Waals surface area contributed by atoms with Crippen LogP contribution in [-0.4, -0.2) is 43.4 Å². The Labute approximate surface area is 122 Å². The van der Waals surface area contributed by atoms with Gasteiger partial charge >= 0.3 is 0 Å². The van der Waals surface area contributed by atoms with Crippen LogP contribution in [0.4, 0.5) is 5.69 Å². The standard InChI is InChI=1S/C12H16ClN3O3S/c1-8-2-3-15-12(13)11(8)16-10(17)6-9-7-20(18,19)5-4-14-9/h2-3,9,14H,4-7H2,1H3,(H,16,17). The van der Waals surface area contributed by atoms with Crippen molar-refractivity contribution in [3.8, 4) is 0 Å². The van der Waals surface area contributed by atoms with Gasteiger partial charge in [-0.3, -0.25) is 4.79 Å². The highest BCUT2D eigenvalue weighted by Gasteiger charge is 2.26. The summed E-state index contributed by atoms with van der Waals surface area (Å²) in [6, 6.07) is 1.38. The summed E-state index contributed by atoms with van der Waals surface area (Å²) < 4.78 is 23.0. The highest BCUT2D eigenvalue weighted by molar-refractivity contribution is 7.91. The average Bonchev–Trinajstić information content (AvgIpc) is 2.33. The second kappa shape index (κ2) is 6.07. The summed E-state index contributed by atoms with van der Waals surface area (Å²) in [5.41, 5.74) is 1.28. The minimum atomic E-state index is -3.05. The van der Waals surface area contributed by atoms with E-state index in [1.165, 1.54) is 0 Å². The number of pyridine rings is 1. The van der Waals surface area contributed by atoms with Crippen molar-refractivity contribution in [2.75, 3.05) is 23.4 Å². The SMILES string of the molecule is Cc1ccnc(Cl)c1NC(=O)CC1CS(=O)(=O)CCN1. The molecule has 0 saturated carbocycles. The van der Waals surface area contributed by atoms with E-state index in [2.05, 4.69) is 15.6 Å². The second-order valence-electron chi connectivity index (χ2n) is 4.81. The minimum Gasteiger partial charge on any atom is -0.323 e. The smallest absolute Gasteiger partial charge is 0.226 e. The maximum absolute atomic E-state index is 12.0. The quantitative estimate of drug-likeness (QED) is 0.804. The molecule has 2 rings (SSSR count). The number of carbonyl (C=O) groups is 1. The lowest BCUT2D eigenvalue weighted by Gasteiger charge is -2.23. The topological polar surface area (TPSA) is 88.2 Å². The van der Waals surface area contributed by atoms with Crippen LogP contribution in [0, 0.1) is 6.92 Å². The Morgan fingerprint density at radius 3 is 3.00 bits per heavy atom. The Bertz CT molecular complexity index is 598. The molecule has 1 aliphatic rings. The van der Waals surface area contributed by atoms with Crippen LogP contribution < -0.4 is 10.6 Å². The van der Waals surface area contributed by atoms with Crippen LogP contribution in [-0.2, 0) is 14.6 Å². The van der Waals surface area contributed by atoms with Crippen molar-refractivity contribution in [1.82, 2.24) is 10.3 Å². The van der Waals surface area contributed by atoms with Crippen LogP contribution in [0.3, 0.4) is 0 Å². The van der Waals surface area contributed by atoms with Crippen molar-refractivity contribution in [2.24, 2.45) is 0 Å². The number of hydrogen-bond acceptors (Lipinski definition) is 5. The summed E-state index contributed by atoms with van der Waals surface area (Å²) in [7, 11) is -3.05. The van der Waals surface area contributed by atoms with E-state index in [9.17, 15) is 13.2 Å². The van der Waals surface area contributed by atoms with Crippen molar-refractivity contribution in [2.45, 2.75) is 19.4 Å². The predicted molar refractivity (Wildman–Crippen MR) is 77.7 cm³/mol. The lowest BCUT2D eigenvalue weighted by atomic mass is 10.2. The molecule has 1 saturated heterocycles. The molecule has 1 aromatic heterocycles. The van der Waals surface area contributed by atoms with Gasteiger partial charge in [-0.15, -0.1) is 0 Å². The van der Waals surface area contributed by atoms with Crippen LogP contribution in [0.15, 0.2) is 12.3 Å². The van der Waals surface area contributed by atoms with E-state index in [0.717, 1.165) is 5.56 Å². The minimum absolute atomic E-state index is 0.0137. The van der Waals surface area contributed by atoms with Crippen LogP contribution >= 0.6 is 11.6 Å². The molecular weight excluding hydrogens is 302 g/mol. The van der Waals surface area contributed by atoms with Gasteiger partial charge in [-0.2, -0.15) is 0 Å². The normalized spacial score (nSPS) is 21.4. The van der Waals surface area contributed by atoms with Crippen LogP contribution in [0.2, 0.25) is 5.15 Å². The summed E-state index contributed by atoms with van der Waals surface area (Å²) in [5.74, 6) is -0.170. The number of hydrogen-bond donors (Lipinski definition) is 2. The van der Waals surface area contributed by atoms with Gasteiger partial charge in [0.15, 0.2) is 15.0 Å². The predicted octanol–water partition coefficient (Wildman–Crippen LogP) is 0.759. The summed E-state index contributed by atoms with van der Waals surface area (Å²) in [5, 5.41) is 5.94. The first-order valence-corrected chi connectivity index (χ1v) is 8.42. The van der Waals surface area contributed by atoms with E-state index >= 15 is 0 Å². The first kappa shape index (κ1) is 15.2. The van der Waals surface area contributed by atoms with Crippen molar-refractivity contribution >= 4 is 33.0 Å². The van der Waals surface area contributed by atoms with E-state index in [-0.39, 0.29) is 35.0 Å². The van der Waals surface area contributed by atoms with E-state index in [1.807, 2.05) is 6.92 Å². The maximum atomic E-state index is 12.0. The van der Waals surface area contributed by atoms with Crippen LogP contribution in [0.1, 0.15) is 12.0 Å². The lowest BCUT2D eigenvalue weighted by Crippen LogP contribution is -2.46. The van der Waals surface area contributed by atoms with Gasteiger partial charge in [-0.05, 0) is 18.6 Å². The molecule has 0 radical (unpaired) electrons. The number of aromatic nitrogens is 1. The number of rotatable bonds is 3. The summed E-state index contributed by atoms with van der Waals surface area (Å²) in [6.07, 6.45) is 1.65. The molecule has 20 heavy (non-hydrogen) atoms. The van der Waals surface area contributed by atoms with Gasteiger partial charge in [0.2, 0.25) is 5.91 Å². The third kappa shape index (κ3) is 3.91. The Hall–Kier alpha value is -1.18. The van der Waals surface area contributed by atoms with Crippen molar-refractivity contribution in [3.63, 3.8) is 0 Å². The Morgan fingerprint density at radius 1 is 1.60 bits per heavy atom. The van der Waals surface area contributed by atoms with Crippen molar-refractivity contribution in [1.29, 1.82) is 0 Å². The Kier molecular flexibility index (Phi) is 4.62. The first-order chi connectivity index (χ1) is 9.37. The largest absolute Gasteiger partial charge is 0.323 e. The molecule has 110 valence electrons. The molecule has 0 aliphatic carbocycles. The molecule has 1 amide bonds. The highest BCUT2D eigenvalue weighted by Crippen LogP contribution is 2.23. The fourth-order valence-electron chi connectivity index (χ4n) is 2.09. The first-order valence-electron chi connectivity index (χ1n) is 6.22. The number of aryl methyl sites for hydroxylation is 1. The van der Waals surface area contributed by atoms with Gasteiger partial charge in [0.1, 0.15) is 0 Å².